The number of sulfone groups is 1. The molecule has 294 valence electrons. The Morgan fingerprint density at radius 1 is 0.534 bits per heavy atom. The maximum absolute atomic E-state index is 14.4. The van der Waals surface area contributed by atoms with Crippen molar-refractivity contribution in [3.63, 3.8) is 0 Å². The standard InChI is InChI=1S/C45H38N2O8S3/c1-7-33-11-9-13-41(31-33)53-56(6,48)46-37-19-27-43(28-20-37)57(49,50)44-29-21-38(22-30-44)47-58(51,55-42-14-10-12-34(8-2)32-42)54-40-25-17-36(18-26-40)45(3,4)35-15-23-39(52-5)24-16-35/h1-2,9-32H,3-6H3. The van der Waals surface area contributed by atoms with Crippen LogP contribution in [-0.2, 0) is 35.6 Å². The molecule has 2 unspecified atom stereocenters. The van der Waals surface area contributed by atoms with E-state index < -0.39 is 30.1 Å². The highest BCUT2D eigenvalue weighted by Gasteiger charge is 2.24. The minimum Gasteiger partial charge on any atom is -0.497 e. The van der Waals surface area contributed by atoms with Crippen molar-refractivity contribution < 1.29 is 34.1 Å². The lowest BCUT2D eigenvalue weighted by molar-refractivity contribution is 0.414. The zero-order valence-electron chi connectivity index (χ0n) is 31.9. The Morgan fingerprint density at radius 2 is 0.966 bits per heavy atom. The summed E-state index contributed by atoms with van der Waals surface area (Å²) < 4.78 is 85.8. The molecule has 0 aliphatic carbocycles. The van der Waals surface area contributed by atoms with E-state index in [0.717, 1.165) is 16.9 Å². The van der Waals surface area contributed by atoms with Crippen molar-refractivity contribution in [2.75, 3.05) is 13.4 Å². The third-order valence-corrected chi connectivity index (χ3v) is 12.9. The molecule has 0 N–H and O–H groups in total. The lowest BCUT2D eigenvalue weighted by Crippen LogP contribution is -2.19. The van der Waals surface area contributed by atoms with Gasteiger partial charge < -0.3 is 17.3 Å². The van der Waals surface area contributed by atoms with Crippen LogP contribution in [0.4, 0.5) is 11.4 Å². The molecule has 0 aromatic heterocycles. The van der Waals surface area contributed by atoms with Crippen molar-refractivity contribution in [3.05, 3.63) is 168 Å². The Bertz CT molecular complexity index is 2900. The summed E-state index contributed by atoms with van der Waals surface area (Å²) in [6.07, 6.45) is 12.3. The molecule has 0 aliphatic heterocycles. The number of nitrogens with zero attached hydrogens (tertiary/aromatic N) is 2. The van der Waals surface area contributed by atoms with Crippen LogP contribution in [0.5, 0.6) is 23.0 Å². The van der Waals surface area contributed by atoms with Gasteiger partial charge in [-0.2, -0.15) is 8.57 Å². The van der Waals surface area contributed by atoms with Crippen LogP contribution >= 0.6 is 0 Å². The highest BCUT2D eigenvalue weighted by Crippen LogP contribution is 2.34. The number of hydrogen-bond donors (Lipinski definition) is 0. The summed E-state index contributed by atoms with van der Waals surface area (Å²) in [5, 5.41) is 0. The SMILES string of the molecule is C#Cc1cccc(OS(C)(=O)=Nc2ccc(S(=O)(=O)c3ccc(N=S(=O)(Oc4ccc(C(C)(C)c5ccc(OC)cc5)cc4)Oc4cccc(C#C)c4)cc3)cc2)c1. The molecule has 6 rings (SSSR count). The molecule has 0 saturated carbocycles. The molecule has 58 heavy (non-hydrogen) atoms. The van der Waals surface area contributed by atoms with Crippen molar-refractivity contribution in [1.29, 1.82) is 0 Å². The number of hydrogen-bond acceptors (Lipinski definition) is 10. The predicted molar refractivity (Wildman–Crippen MR) is 227 cm³/mol. The Morgan fingerprint density at radius 3 is 1.43 bits per heavy atom. The van der Waals surface area contributed by atoms with Gasteiger partial charge in [0.1, 0.15) is 23.0 Å². The number of rotatable bonds is 13. The zero-order valence-corrected chi connectivity index (χ0v) is 34.3. The van der Waals surface area contributed by atoms with E-state index in [2.05, 4.69) is 34.4 Å². The van der Waals surface area contributed by atoms with Crippen molar-refractivity contribution in [3.8, 4) is 47.7 Å². The van der Waals surface area contributed by atoms with E-state index in [1.807, 2.05) is 36.4 Å². The van der Waals surface area contributed by atoms with Gasteiger partial charge in [-0.15, -0.1) is 17.2 Å². The zero-order chi connectivity index (χ0) is 41.6. The highest BCUT2D eigenvalue weighted by molar-refractivity contribution is 7.91. The average Bonchev–Trinajstić information content (AvgIpc) is 3.21. The molecule has 0 fully saturated rings. The van der Waals surface area contributed by atoms with Crippen molar-refractivity contribution in [2.24, 2.45) is 8.73 Å². The molecular formula is C45H38N2O8S3. The van der Waals surface area contributed by atoms with Gasteiger partial charge >= 0.3 is 10.3 Å². The Labute approximate surface area is 340 Å². The first kappa shape index (κ1) is 41.1. The molecule has 10 nitrogen and oxygen atoms in total. The second kappa shape index (κ2) is 16.9. The monoisotopic (exact) mass is 830 g/mol. The van der Waals surface area contributed by atoms with E-state index in [0.29, 0.717) is 11.1 Å². The van der Waals surface area contributed by atoms with E-state index in [-0.39, 0.29) is 43.8 Å². The maximum atomic E-state index is 14.4. The summed E-state index contributed by atoms with van der Waals surface area (Å²) in [4.78, 5) is -0.0962. The molecule has 0 saturated heterocycles. The Kier molecular flexibility index (Phi) is 12.0. The average molecular weight is 831 g/mol. The molecule has 0 bridgehead atoms. The van der Waals surface area contributed by atoms with Crippen LogP contribution in [0.1, 0.15) is 36.1 Å². The fourth-order valence-corrected chi connectivity index (χ4v) is 9.15. The van der Waals surface area contributed by atoms with Crippen LogP contribution in [-0.4, -0.2) is 30.2 Å². The number of ether oxygens (including phenoxy) is 1. The first-order chi connectivity index (χ1) is 27.6. The smallest absolute Gasteiger partial charge is 0.393 e. The third-order valence-electron chi connectivity index (χ3n) is 8.83. The van der Waals surface area contributed by atoms with Gasteiger partial charge in [0.05, 0.1) is 34.5 Å². The highest BCUT2D eigenvalue weighted by atomic mass is 32.2. The van der Waals surface area contributed by atoms with Gasteiger partial charge in [0.2, 0.25) is 19.8 Å². The topological polar surface area (TPSA) is 130 Å². The third kappa shape index (κ3) is 9.89. The first-order valence-electron chi connectivity index (χ1n) is 17.5. The quantitative estimate of drug-likeness (QED) is 0.105. The van der Waals surface area contributed by atoms with Crippen molar-refractivity contribution in [1.82, 2.24) is 0 Å². The summed E-state index contributed by atoms with van der Waals surface area (Å²) in [7, 11) is -9.60. The second-order valence-electron chi connectivity index (χ2n) is 13.3. The molecule has 6 aromatic rings. The second-order valence-corrected chi connectivity index (χ2v) is 18.4. The fraction of sp³-hybridized carbons (Fsp3) is 0.111. The van der Waals surface area contributed by atoms with Gasteiger partial charge in [0, 0.05) is 16.5 Å². The Balaban J connectivity index is 1.25. The molecular weight excluding hydrogens is 793 g/mol. The first-order valence-corrected chi connectivity index (χ1v) is 22.2. The van der Waals surface area contributed by atoms with Crippen molar-refractivity contribution >= 4 is 41.5 Å². The van der Waals surface area contributed by atoms with Gasteiger partial charge in [-0.3, -0.25) is 0 Å². The van der Waals surface area contributed by atoms with Crippen LogP contribution in [0.2, 0.25) is 0 Å². The molecule has 0 spiro atoms. The molecule has 0 radical (unpaired) electrons. The van der Waals surface area contributed by atoms with Gasteiger partial charge in [-0.25, -0.2) is 12.6 Å². The summed E-state index contributed by atoms with van der Waals surface area (Å²) in [6.45, 7) is 4.17. The minimum absolute atomic E-state index is 0.0381. The lowest BCUT2D eigenvalue weighted by atomic mass is 9.78. The molecule has 6 aromatic carbocycles. The molecule has 0 heterocycles. The molecule has 2 atom stereocenters. The van der Waals surface area contributed by atoms with E-state index in [1.165, 1.54) is 60.9 Å². The fourth-order valence-electron chi connectivity index (χ4n) is 5.70. The van der Waals surface area contributed by atoms with Crippen LogP contribution < -0.4 is 17.3 Å². The van der Waals surface area contributed by atoms with E-state index >= 15 is 0 Å². The summed E-state index contributed by atoms with van der Waals surface area (Å²) in [5.41, 5.74) is 3.06. The number of methoxy groups -OCH3 is 1. The molecule has 0 amide bonds. The van der Waals surface area contributed by atoms with Gasteiger partial charge in [0.15, 0.2) is 0 Å². The summed E-state index contributed by atoms with van der Waals surface area (Å²) >= 11 is 0. The normalized spacial score (nSPS) is 13.3. The van der Waals surface area contributed by atoms with E-state index in [9.17, 15) is 16.8 Å². The van der Waals surface area contributed by atoms with Crippen LogP contribution in [0, 0.1) is 24.7 Å². The minimum atomic E-state index is -4.02. The summed E-state index contributed by atoms with van der Waals surface area (Å²) in [5.74, 6) is 6.41. The van der Waals surface area contributed by atoms with Crippen LogP contribution in [0.25, 0.3) is 0 Å². The van der Waals surface area contributed by atoms with Crippen molar-refractivity contribution in [2.45, 2.75) is 29.1 Å². The Hall–Kier alpha value is -6.51. The van der Waals surface area contributed by atoms with Gasteiger partial charge in [-0.05, 0) is 120 Å². The van der Waals surface area contributed by atoms with Gasteiger partial charge in [0.25, 0.3) is 0 Å². The van der Waals surface area contributed by atoms with E-state index in [1.54, 1.807) is 61.7 Å². The van der Waals surface area contributed by atoms with Crippen LogP contribution in [0.3, 0.4) is 0 Å². The molecule has 0 aliphatic rings. The summed E-state index contributed by atoms with van der Waals surface area (Å²) in [6, 6.07) is 38.9. The number of terminal acetylenes is 2. The van der Waals surface area contributed by atoms with Crippen LogP contribution in [0.15, 0.2) is 164 Å². The molecule has 13 heteroatoms. The van der Waals surface area contributed by atoms with Gasteiger partial charge in [-0.1, -0.05) is 62.1 Å². The predicted octanol–water partition coefficient (Wildman–Crippen LogP) is 9.63. The lowest BCUT2D eigenvalue weighted by Gasteiger charge is -2.26. The largest absolute Gasteiger partial charge is 0.497 e. The van der Waals surface area contributed by atoms with E-state index in [4.69, 9.17) is 30.1 Å². The number of benzene rings is 6. The maximum Gasteiger partial charge on any atom is 0.393 e.